The number of aliphatic hydroxyl groups excluding tert-OH is 2. The highest BCUT2D eigenvalue weighted by Gasteiger charge is 2.16. The second kappa shape index (κ2) is 12.0. The summed E-state index contributed by atoms with van der Waals surface area (Å²) in [5.41, 5.74) is 0.482. The number of hydrogen-bond donors (Lipinski definition) is 2. The Morgan fingerprint density at radius 2 is 0.889 bits per heavy atom. The van der Waals surface area contributed by atoms with E-state index in [2.05, 4.69) is 13.8 Å². The molecule has 0 amide bonds. The van der Waals surface area contributed by atoms with Gasteiger partial charge in [-0.25, -0.2) is 0 Å². The van der Waals surface area contributed by atoms with E-state index in [1.807, 2.05) is 0 Å². The van der Waals surface area contributed by atoms with E-state index in [9.17, 15) is 0 Å². The van der Waals surface area contributed by atoms with Crippen LogP contribution in [0.1, 0.15) is 84.5 Å². The zero-order valence-corrected chi connectivity index (χ0v) is 12.6. The molecule has 18 heavy (non-hydrogen) atoms. The summed E-state index contributed by atoms with van der Waals surface area (Å²) < 4.78 is 0. The molecule has 0 spiro atoms. The average Bonchev–Trinajstić information content (AvgIpc) is 2.33. The molecule has 110 valence electrons. The van der Waals surface area contributed by atoms with Crippen LogP contribution in [0.3, 0.4) is 0 Å². The predicted octanol–water partition coefficient (Wildman–Crippen LogP) is 4.29. The first-order chi connectivity index (χ1) is 8.62. The summed E-state index contributed by atoms with van der Waals surface area (Å²) in [4.78, 5) is 0. The molecule has 0 aromatic heterocycles. The van der Waals surface area contributed by atoms with Gasteiger partial charge < -0.3 is 10.2 Å². The van der Waals surface area contributed by atoms with Crippen LogP contribution in [-0.2, 0) is 0 Å². The van der Waals surface area contributed by atoms with Crippen LogP contribution in [0.4, 0.5) is 0 Å². The first-order valence-electron chi connectivity index (χ1n) is 7.84. The summed E-state index contributed by atoms with van der Waals surface area (Å²) in [6, 6.07) is 0. The zero-order valence-electron chi connectivity index (χ0n) is 12.6. The molecule has 0 aliphatic carbocycles. The molecule has 0 bridgehead atoms. The van der Waals surface area contributed by atoms with Crippen molar-refractivity contribution in [2.24, 2.45) is 5.41 Å². The summed E-state index contributed by atoms with van der Waals surface area (Å²) in [5.74, 6) is 0. The van der Waals surface area contributed by atoms with Gasteiger partial charge in [0.05, 0.1) is 0 Å². The van der Waals surface area contributed by atoms with Gasteiger partial charge in [0.1, 0.15) is 0 Å². The molecule has 0 aliphatic heterocycles. The number of rotatable bonds is 13. The van der Waals surface area contributed by atoms with Gasteiger partial charge in [-0.15, -0.1) is 0 Å². The third kappa shape index (κ3) is 12.4. The van der Waals surface area contributed by atoms with Gasteiger partial charge >= 0.3 is 0 Å². The molecule has 0 rings (SSSR count). The maximum Gasteiger partial charge on any atom is 0.0431 e. The smallest absolute Gasteiger partial charge is 0.0431 e. The molecule has 2 heteroatoms. The quantitative estimate of drug-likeness (QED) is 0.484. The first-order valence-corrected chi connectivity index (χ1v) is 7.84. The van der Waals surface area contributed by atoms with Gasteiger partial charge in [-0.1, -0.05) is 58.8 Å². The van der Waals surface area contributed by atoms with Crippen molar-refractivity contribution in [2.75, 3.05) is 13.2 Å². The van der Waals surface area contributed by atoms with E-state index in [-0.39, 0.29) is 0 Å². The Balaban J connectivity index is 3.37. The van der Waals surface area contributed by atoms with Gasteiger partial charge in [0.25, 0.3) is 0 Å². The monoisotopic (exact) mass is 258 g/mol. The van der Waals surface area contributed by atoms with Crippen LogP contribution in [0.5, 0.6) is 0 Å². The van der Waals surface area contributed by atoms with Gasteiger partial charge in [-0.3, -0.25) is 0 Å². The molecule has 0 aliphatic rings. The molecule has 0 radical (unpaired) electrons. The molecule has 0 saturated heterocycles. The van der Waals surface area contributed by atoms with E-state index in [1.165, 1.54) is 57.8 Å². The average molecular weight is 258 g/mol. The van der Waals surface area contributed by atoms with Crippen LogP contribution in [0.15, 0.2) is 0 Å². The Kier molecular flexibility index (Phi) is 11.9. The summed E-state index contributed by atoms with van der Waals surface area (Å²) in [6.07, 6.45) is 13.4. The summed E-state index contributed by atoms with van der Waals surface area (Å²) in [7, 11) is 0. The molecule has 0 aromatic rings. The Hall–Kier alpha value is -0.0800. The lowest BCUT2D eigenvalue weighted by atomic mass is 9.82. The number of hydrogen-bond acceptors (Lipinski definition) is 2. The fraction of sp³-hybridized carbons (Fsp3) is 1.00. The van der Waals surface area contributed by atoms with Gasteiger partial charge in [0.15, 0.2) is 0 Å². The highest BCUT2D eigenvalue weighted by Crippen LogP contribution is 2.30. The highest BCUT2D eigenvalue weighted by molar-refractivity contribution is 4.68. The molecule has 0 fully saturated rings. The van der Waals surface area contributed by atoms with Crippen molar-refractivity contribution < 1.29 is 10.2 Å². The largest absolute Gasteiger partial charge is 0.396 e. The van der Waals surface area contributed by atoms with Crippen molar-refractivity contribution in [2.45, 2.75) is 84.5 Å². The molecule has 2 nitrogen and oxygen atoms in total. The minimum atomic E-state index is 0.344. The van der Waals surface area contributed by atoms with E-state index in [0.717, 1.165) is 12.8 Å². The number of aliphatic hydroxyl groups is 2. The molecule has 0 unspecified atom stereocenters. The van der Waals surface area contributed by atoms with Crippen molar-refractivity contribution in [1.82, 2.24) is 0 Å². The van der Waals surface area contributed by atoms with E-state index >= 15 is 0 Å². The Morgan fingerprint density at radius 3 is 1.28 bits per heavy atom. The molecule has 0 heterocycles. The SMILES string of the molecule is CC(C)(CCCCCCO)CCCCCCCO. The molecule has 2 N–H and O–H groups in total. The minimum absolute atomic E-state index is 0.344. The maximum atomic E-state index is 8.71. The Labute approximate surface area is 114 Å². The van der Waals surface area contributed by atoms with E-state index < -0.39 is 0 Å². The summed E-state index contributed by atoms with van der Waals surface area (Å²) in [6.45, 7) is 5.45. The Bertz CT molecular complexity index is 166. The standard InChI is InChI=1S/C16H34O2/c1-16(2,13-9-5-7-11-15-18)12-8-4-3-6-10-14-17/h17-18H,3-15H2,1-2H3. The molecule has 0 atom stereocenters. The molecular formula is C16H34O2. The fourth-order valence-corrected chi connectivity index (χ4v) is 2.44. The van der Waals surface area contributed by atoms with E-state index in [1.54, 1.807) is 0 Å². The second-order valence-electron chi connectivity index (χ2n) is 6.29. The van der Waals surface area contributed by atoms with Crippen LogP contribution in [0.25, 0.3) is 0 Å². The van der Waals surface area contributed by atoms with Gasteiger partial charge in [0, 0.05) is 13.2 Å². The number of unbranched alkanes of at least 4 members (excludes halogenated alkanes) is 7. The normalized spacial score (nSPS) is 12.0. The lowest BCUT2D eigenvalue weighted by molar-refractivity contribution is 0.265. The lowest BCUT2D eigenvalue weighted by Gasteiger charge is -2.24. The minimum Gasteiger partial charge on any atom is -0.396 e. The second-order valence-corrected chi connectivity index (χ2v) is 6.29. The van der Waals surface area contributed by atoms with Crippen LogP contribution < -0.4 is 0 Å². The Morgan fingerprint density at radius 1 is 0.556 bits per heavy atom. The summed E-state index contributed by atoms with van der Waals surface area (Å²) in [5, 5.41) is 17.4. The van der Waals surface area contributed by atoms with Crippen molar-refractivity contribution in [3.05, 3.63) is 0 Å². The van der Waals surface area contributed by atoms with Gasteiger partial charge in [0.2, 0.25) is 0 Å². The topological polar surface area (TPSA) is 40.5 Å². The predicted molar refractivity (Wildman–Crippen MR) is 78.7 cm³/mol. The van der Waals surface area contributed by atoms with E-state index in [4.69, 9.17) is 10.2 Å². The first kappa shape index (κ1) is 17.9. The van der Waals surface area contributed by atoms with Crippen LogP contribution in [0, 0.1) is 5.41 Å². The molecular weight excluding hydrogens is 224 g/mol. The maximum absolute atomic E-state index is 8.71. The third-order valence-corrected chi connectivity index (χ3v) is 3.77. The van der Waals surface area contributed by atoms with Gasteiger partial charge in [-0.05, 0) is 31.1 Å². The van der Waals surface area contributed by atoms with Crippen molar-refractivity contribution in [3.8, 4) is 0 Å². The summed E-state index contributed by atoms with van der Waals surface area (Å²) >= 11 is 0. The van der Waals surface area contributed by atoms with Crippen molar-refractivity contribution in [3.63, 3.8) is 0 Å². The van der Waals surface area contributed by atoms with Crippen LogP contribution in [0.2, 0.25) is 0 Å². The van der Waals surface area contributed by atoms with Gasteiger partial charge in [-0.2, -0.15) is 0 Å². The van der Waals surface area contributed by atoms with Crippen molar-refractivity contribution in [1.29, 1.82) is 0 Å². The van der Waals surface area contributed by atoms with E-state index in [0.29, 0.717) is 18.6 Å². The molecule has 0 aromatic carbocycles. The zero-order chi connectivity index (χ0) is 13.7. The third-order valence-electron chi connectivity index (χ3n) is 3.77. The highest BCUT2D eigenvalue weighted by atomic mass is 16.3. The van der Waals surface area contributed by atoms with Crippen molar-refractivity contribution >= 4 is 0 Å². The van der Waals surface area contributed by atoms with Crippen LogP contribution in [-0.4, -0.2) is 23.4 Å². The molecule has 0 saturated carbocycles. The lowest BCUT2D eigenvalue weighted by Crippen LogP contribution is -2.11. The fourth-order valence-electron chi connectivity index (χ4n) is 2.44. The van der Waals surface area contributed by atoms with Crippen LogP contribution >= 0.6 is 0 Å².